The zero-order valence-corrected chi connectivity index (χ0v) is 24.2. The van der Waals surface area contributed by atoms with Crippen LogP contribution in [0.15, 0.2) is 78.9 Å². The van der Waals surface area contributed by atoms with Gasteiger partial charge in [0, 0.05) is 67.9 Å². The number of amides is 3. The maximum absolute atomic E-state index is 13.0. The van der Waals surface area contributed by atoms with Crippen LogP contribution in [0, 0.1) is 5.92 Å². The van der Waals surface area contributed by atoms with Crippen molar-refractivity contribution >= 4 is 35.6 Å². The van der Waals surface area contributed by atoms with Gasteiger partial charge >= 0.3 is 6.09 Å². The summed E-state index contributed by atoms with van der Waals surface area (Å²) in [6.45, 7) is 3.20. The van der Waals surface area contributed by atoms with Gasteiger partial charge in [0.05, 0.1) is 5.69 Å². The van der Waals surface area contributed by atoms with Crippen LogP contribution in [0.4, 0.5) is 16.2 Å². The normalized spacial score (nSPS) is 16.4. The Morgan fingerprint density at radius 3 is 2.14 bits per heavy atom. The van der Waals surface area contributed by atoms with Gasteiger partial charge in [0.25, 0.3) is 0 Å². The van der Waals surface area contributed by atoms with Gasteiger partial charge in [-0.3, -0.25) is 19.3 Å². The van der Waals surface area contributed by atoms with Crippen molar-refractivity contribution in [3.05, 3.63) is 84.4 Å². The monoisotopic (exact) mass is 582 g/mol. The van der Waals surface area contributed by atoms with E-state index < -0.39 is 6.09 Å². The molecule has 0 atom stereocenters. The third-order valence-electron chi connectivity index (χ3n) is 8.55. The number of benzene rings is 3. The van der Waals surface area contributed by atoms with Crippen LogP contribution in [0.5, 0.6) is 0 Å². The second-order valence-electron chi connectivity index (χ2n) is 11.2. The zero-order chi connectivity index (χ0) is 30.2. The van der Waals surface area contributed by atoms with Gasteiger partial charge in [-0.2, -0.15) is 0 Å². The standard InChI is InChI=1S/C34H38N4O5/c39-24-25-10-12-28(13-11-25)35-33(41)27-14-22-37(23-15-27)32(40)18-21-36-19-16-29(17-20-36)38(34(42)43)31-9-5-4-8-30(31)26-6-2-1-3-7-26/h1-13,24,27,29H,14-23H2,(H,35,41)(H,42,43). The van der Waals surface area contributed by atoms with E-state index in [9.17, 15) is 24.3 Å². The Kier molecular flexibility index (Phi) is 9.84. The molecule has 9 nitrogen and oxygen atoms in total. The van der Waals surface area contributed by atoms with Gasteiger partial charge in [-0.1, -0.05) is 48.5 Å². The molecule has 2 aliphatic rings. The van der Waals surface area contributed by atoms with E-state index in [1.54, 1.807) is 24.3 Å². The number of nitrogens with zero attached hydrogens (tertiary/aromatic N) is 3. The molecule has 2 saturated heterocycles. The lowest BCUT2D eigenvalue weighted by atomic mass is 9.95. The molecule has 3 aromatic carbocycles. The number of nitrogens with one attached hydrogen (secondary N) is 1. The summed E-state index contributed by atoms with van der Waals surface area (Å²) >= 11 is 0. The van der Waals surface area contributed by atoms with Crippen molar-refractivity contribution in [1.29, 1.82) is 0 Å². The molecule has 5 rings (SSSR count). The molecule has 2 N–H and O–H groups in total. The van der Waals surface area contributed by atoms with Crippen molar-refractivity contribution in [3.63, 3.8) is 0 Å². The van der Waals surface area contributed by atoms with Crippen LogP contribution in [0.25, 0.3) is 11.1 Å². The highest BCUT2D eigenvalue weighted by atomic mass is 16.4. The molecule has 0 unspecified atom stereocenters. The summed E-state index contributed by atoms with van der Waals surface area (Å²) in [5, 5.41) is 13.1. The Labute approximate surface area is 252 Å². The van der Waals surface area contributed by atoms with Gasteiger partial charge in [0.2, 0.25) is 11.8 Å². The van der Waals surface area contributed by atoms with E-state index in [0.717, 1.165) is 30.5 Å². The highest BCUT2D eigenvalue weighted by Crippen LogP contribution is 2.34. The summed E-state index contributed by atoms with van der Waals surface area (Å²) in [4.78, 5) is 54.6. The van der Waals surface area contributed by atoms with Gasteiger partial charge in [0.1, 0.15) is 6.29 Å². The number of aldehydes is 1. The van der Waals surface area contributed by atoms with Crippen LogP contribution < -0.4 is 10.2 Å². The fourth-order valence-corrected chi connectivity index (χ4v) is 6.09. The minimum Gasteiger partial charge on any atom is -0.465 e. The van der Waals surface area contributed by atoms with Crippen molar-refractivity contribution in [1.82, 2.24) is 9.80 Å². The number of carbonyl (C=O) groups excluding carboxylic acids is 3. The molecule has 0 spiro atoms. The van der Waals surface area contributed by atoms with Crippen LogP contribution in [-0.2, 0) is 9.59 Å². The average Bonchev–Trinajstić information content (AvgIpc) is 3.05. The van der Waals surface area contributed by atoms with Crippen molar-refractivity contribution in [2.75, 3.05) is 42.9 Å². The third-order valence-corrected chi connectivity index (χ3v) is 8.55. The molecule has 0 bridgehead atoms. The zero-order valence-electron chi connectivity index (χ0n) is 24.2. The Morgan fingerprint density at radius 2 is 1.49 bits per heavy atom. The summed E-state index contributed by atoms with van der Waals surface area (Å²) < 4.78 is 0. The molecule has 0 radical (unpaired) electrons. The molecule has 0 saturated carbocycles. The van der Waals surface area contributed by atoms with Crippen molar-refractivity contribution in [3.8, 4) is 11.1 Å². The fourth-order valence-electron chi connectivity index (χ4n) is 6.09. The number of piperidine rings is 2. The molecule has 224 valence electrons. The highest BCUT2D eigenvalue weighted by Gasteiger charge is 2.31. The average molecular weight is 583 g/mol. The molecule has 3 aromatic rings. The minimum atomic E-state index is -0.954. The van der Waals surface area contributed by atoms with E-state index in [4.69, 9.17) is 0 Å². The second kappa shape index (κ2) is 14.1. The lowest BCUT2D eigenvalue weighted by Crippen LogP contribution is -2.48. The summed E-state index contributed by atoms with van der Waals surface area (Å²) in [6, 6.07) is 24.1. The van der Waals surface area contributed by atoms with Crippen LogP contribution in [0.3, 0.4) is 0 Å². The number of likely N-dealkylation sites (tertiary alicyclic amines) is 2. The molecule has 2 aliphatic heterocycles. The topological polar surface area (TPSA) is 110 Å². The van der Waals surface area contributed by atoms with Crippen LogP contribution in [-0.4, -0.2) is 77.9 Å². The Morgan fingerprint density at radius 1 is 0.837 bits per heavy atom. The van der Waals surface area contributed by atoms with Crippen LogP contribution >= 0.6 is 0 Å². The maximum Gasteiger partial charge on any atom is 0.412 e. The van der Waals surface area contributed by atoms with Crippen molar-refractivity contribution < 1.29 is 24.3 Å². The first kappa shape index (κ1) is 30.0. The number of carbonyl (C=O) groups is 4. The molecule has 2 heterocycles. The molecule has 0 aliphatic carbocycles. The molecule has 43 heavy (non-hydrogen) atoms. The van der Waals surface area contributed by atoms with Crippen LogP contribution in [0.2, 0.25) is 0 Å². The molecule has 2 fully saturated rings. The largest absolute Gasteiger partial charge is 0.465 e. The second-order valence-corrected chi connectivity index (χ2v) is 11.2. The Bertz CT molecular complexity index is 1410. The van der Waals surface area contributed by atoms with E-state index in [0.29, 0.717) is 68.7 Å². The van der Waals surface area contributed by atoms with Gasteiger partial charge in [0.15, 0.2) is 0 Å². The predicted molar refractivity (Wildman–Crippen MR) is 166 cm³/mol. The summed E-state index contributed by atoms with van der Waals surface area (Å²) in [5.74, 6) is -0.122. The smallest absolute Gasteiger partial charge is 0.412 e. The highest BCUT2D eigenvalue weighted by molar-refractivity contribution is 5.94. The third kappa shape index (κ3) is 7.48. The molecule has 0 aromatic heterocycles. The first-order valence-corrected chi connectivity index (χ1v) is 15.0. The number of para-hydroxylation sites is 1. The quantitative estimate of drug-likeness (QED) is 0.328. The number of carboxylic acid groups (broad SMARTS) is 1. The predicted octanol–water partition coefficient (Wildman–Crippen LogP) is 5.38. The minimum absolute atomic E-state index is 0.0596. The summed E-state index contributed by atoms with van der Waals surface area (Å²) in [5.41, 5.74) is 3.79. The van der Waals surface area contributed by atoms with E-state index in [1.165, 1.54) is 4.90 Å². The van der Waals surface area contributed by atoms with Gasteiger partial charge in [-0.05, 0) is 61.6 Å². The maximum atomic E-state index is 13.0. The Hall–Kier alpha value is -4.50. The van der Waals surface area contributed by atoms with E-state index in [2.05, 4.69) is 10.2 Å². The van der Waals surface area contributed by atoms with E-state index in [-0.39, 0.29) is 23.8 Å². The number of hydrogen-bond donors (Lipinski definition) is 2. The Balaban J connectivity index is 1.08. The molecular formula is C34H38N4O5. The number of anilines is 2. The lowest BCUT2D eigenvalue weighted by molar-refractivity contribution is -0.134. The number of hydrogen-bond acceptors (Lipinski definition) is 5. The molecule has 9 heteroatoms. The molecular weight excluding hydrogens is 544 g/mol. The summed E-state index contributed by atoms with van der Waals surface area (Å²) in [6.07, 6.45) is 2.84. The van der Waals surface area contributed by atoms with E-state index in [1.807, 2.05) is 59.5 Å². The lowest BCUT2D eigenvalue weighted by Gasteiger charge is -2.38. The SMILES string of the molecule is O=Cc1ccc(NC(=O)C2CCN(C(=O)CCN3CCC(N(C(=O)O)c4ccccc4-c4ccccc4)CC3)CC2)cc1. The van der Waals surface area contributed by atoms with Gasteiger partial charge < -0.3 is 20.2 Å². The first-order chi connectivity index (χ1) is 20.9. The number of rotatable bonds is 9. The first-order valence-electron chi connectivity index (χ1n) is 15.0. The van der Waals surface area contributed by atoms with Crippen LogP contribution in [0.1, 0.15) is 42.5 Å². The van der Waals surface area contributed by atoms with Gasteiger partial charge in [-0.15, -0.1) is 0 Å². The van der Waals surface area contributed by atoms with E-state index >= 15 is 0 Å². The van der Waals surface area contributed by atoms with Gasteiger partial charge in [-0.25, -0.2) is 4.79 Å². The van der Waals surface area contributed by atoms with Crippen molar-refractivity contribution in [2.45, 2.75) is 38.1 Å². The molecule has 3 amide bonds. The fraction of sp³-hybridized carbons (Fsp3) is 0.353. The van der Waals surface area contributed by atoms with Crippen molar-refractivity contribution in [2.24, 2.45) is 5.92 Å². The summed E-state index contributed by atoms with van der Waals surface area (Å²) in [7, 11) is 0.